The Labute approximate surface area is 107 Å². The number of benzene rings is 1. The number of ether oxygens (including phenoxy) is 1. The van der Waals surface area contributed by atoms with E-state index < -0.39 is 5.54 Å². The highest BCUT2D eigenvalue weighted by Crippen LogP contribution is 2.07. The van der Waals surface area contributed by atoms with Gasteiger partial charge < -0.3 is 20.5 Å². The maximum Gasteiger partial charge on any atom is 0.315 e. The van der Waals surface area contributed by atoms with Gasteiger partial charge in [0.1, 0.15) is 12.4 Å². The Morgan fingerprint density at radius 2 is 2.00 bits per heavy atom. The predicted molar refractivity (Wildman–Crippen MR) is 69.6 cm³/mol. The zero-order valence-electron chi connectivity index (χ0n) is 10.8. The Kier molecular flexibility index (Phi) is 5.45. The summed E-state index contributed by atoms with van der Waals surface area (Å²) in [4.78, 5) is 11.4. The van der Waals surface area contributed by atoms with Gasteiger partial charge in [-0.2, -0.15) is 0 Å². The smallest absolute Gasteiger partial charge is 0.315 e. The standard InChI is InChI=1S/C13H20N2O3/c1-13(2,10-16)15-12(17)14-8-9-18-11-6-4-3-5-7-11/h3-7,16H,8-10H2,1-2H3,(H2,14,15,17). The molecular weight excluding hydrogens is 232 g/mol. The third-order valence-corrected chi connectivity index (χ3v) is 2.25. The number of hydrogen-bond acceptors (Lipinski definition) is 3. The summed E-state index contributed by atoms with van der Waals surface area (Å²) in [5.41, 5.74) is -0.621. The van der Waals surface area contributed by atoms with Crippen LogP contribution in [0.25, 0.3) is 0 Å². The maximum atomic E-state index is 11.4. The lowest BCUT2D eigenvalue weighted by atomic mass is 10.1. The van der Waals surface area contributed by atoms with E-state index in [1.54, 1.807) is 13.8 Å². The topological polar surface area (TPSA) is 70.6 Å². The van der Waals surface area contributed by atoms with Crippen LogP contribution in [-0.2, 0) is 0 Å². The largest absolute Gasteiger partial charge is 0.492 e. The van der Waals surface area contributed by atoms with Gasteiger partial charge in [-0.25, -0.2) is 4.79 Å². The molecule has 0 unspecified atom stereocenters. The molecule has 1 aromatic carbocycles. The first-order valence-electron chi connectivity index (χ1n) is 5.88. The predicted octanol–water partition coefficient (Wildman–Crippen LogP) is 1.14. The average Bonchev–Trinajstić information content (AvgIpc) is 2.35. The Bertz CT molecular complexity index is 366. The molecule has 0 aliphatic rings. The number of aliphatic hydroxyl groups excluding tert-OH is 1. The molecule has 1 rings (SSSR count). The summed E-state index contributed by atoms with van der Waals surface area (Å²) in [6.45, 7) is 4.18. The second kappa shape index (κ2) is 6.86. The molecule has 0 saturated carbocycles. The van der Waals surface area contributed by atoms with Crippen molar-refractivity contribution in [3.8, 4) is 5.75 Å². The van der Waals surface area contributed by atoms with E-state index >= 15 is 0 Å². The van der Waals surface area contributed by atoms with E-state index in [1.807, 2.05) is 30.3 Å². The number of rotatable bonds is 6. The van der Waals surface area contributed by atoms with Gasteiger partial charge in [0.25, 0.3) is 0 Å². The Balaban J connectivity index is 2.17. The van der Waals surface area contributed by atoms with Crippen molar-refractivity contribution in [2.75, 3.05) is 19.8 Å². The van der Waals surface area contributed by atoms with Gasteiger partial charge in [0.15, 0.2) is 0 Å². The monoisotopic (exact) mass is 252 g/mol. The van der Waals surface area contributed by atoms with Crippen LogP contribution >= 0.6 is 0 Å². The summed E-state index contributed by atoms with van der Waals surface area (Å²) in [7, 11) is 0. The van der Waals surface area contributed by atoms with Crippen LogP contribution in [0.15, 0.2) is 30.3 Å². The van der Waals surface area contributed by atoms with E-state index in [2.05, 4.69) is 10.6 Å². The molecule has 0 radical (unpaired) electrons. The molecule has 0 atom stereocenters. The number of aliphatic hydroxyl groups is 1. The van der Waals surface area contributed by atoms with Crippen LogP contribution < -0.4 is 15.4 Å². The van der Waals surface area contributed by atoms with Crippen molar-refractivity contribution in [3.05, 3.63) is 30.3 Å². The van der Waals surface area contributed by atoms with Crippen molar-refractivity contribution in [1.29, 1.82) is 0 Å². The average molecular weight is 252 g/mol. The highest BCUT2D eigenvalue weighted by molar-refractivity contribution is 5.74. The molecule has 0 aliphatic carbocycles. The van der Waals surface area contributed by atoms with Gasteiger partial charge in [-0.15, -0.1) is 0 Å². The second-order valence-corrected chi connectivity index (χ2v) is 4.58. The van der Waals surface area contributed by atoms with Crippen molar-refractivity contribution >= 4 is 6.03 Å². The Hall–Kier alpha value is -1.75. The number of carbonyl (C=O) groups is 1. The SMILES string of the molecule is CC(C)(CO)NC(=O)NCCOc1ccccc1. The molecule has 5 heteroatoms. The zero-order valence-corrected chi connectivity index (χ0v) is 10.8. The van der Waals surface area contributed by atoms with E-state index in [9.17, 15) is 4.79 Å². The normalized spacial score (nSPS) is 10.8. The molecule has 2 amide bonds. The number of carbonyl (C=O) groups excluding carboxylic acids is 1. The van der Waals surface area contributed by atoms with Gasteiger partial charge in [-0.3, -0.25) is 0 Å². The molecule has 0 spiro atoms. The lowest BCUT2D eigenvalue weighted by Gasteiger charge is -2.23. The van der Waals surface area contributed by atoms with Gasteiger partial charge in [0.2, 0.25) is 0 Å². The van der Waals surface area contributed by atoms with Crippen LogP contribution in [0, 0.1) is 0 Å². The summed E-state index contributed by atoms with van der Waals surface area (Å²) >= 11 is 0. The van der Waals surface area contributed by atoms with E-state index in [4.69, 9.17) is 9.84 Å². The van der Waals surface area contributed by atoms with Crippen LogP contribution in [-0.4, -0.2) is 36.4 Å². The molecule has 18 heavy (non-hydrogen) atoms. The maximum absolute atomic E-state index is 11.4. The third kappa shape index (κ3) is 5.54. The van der Waals surface area contributed by atoms with E-state index in [-0.39, 0.29) is 12.6 Å². The molecule has 100 valence electrons. The van der Waals surface area contributed by atoms with Crippen LogP contribution in [0.4, 0.5) is 4.79 Å². The van der Waals surface area contributed by atoms with Gasteiger partial charge in [-0.05, 0) is 26.0 Å². The molecule has 0 aromatic heterocycles. The first kappa shape index (κ1) is 14.3. The molecule has 5 nitrogen and oxygen atoms in total. The van der Waals surface area contributed by atoms with Gasteiger partial charge in [0.05, 0.1) is 18.7 Å². The number of para-hydroxylation sites is 1. The summed E-state index contributed by atoms with van der Waals surface area (Å²) < 4.78 is 5.42. The minimum absolute atomic E-state index is 0.110. The van der Waals surface area contributed by atoms with Crippen LogP contribution in [0.1, 0.15) is 13.8 Å². The van der Waals surface area contributed by atoms with Gasteiger partial charge in [0, 0.05) is 0 Å². The summed E-state index contributed by atoms with van der Waals surface area (Å²) in [5.74, 6) is 0.774. The summed E-state index contributed by atoms with van der Waals surface area (Å²) in [6, 6.07) is 9.09. The highest BCUT2D eigenvalue weighted by atomic mass is 16.5. The number of nitrogens with one attached hydrogen (secondary N) is 2. The Morgan fingerprint density at radius 1 is 1.33 bits per heavy atom. The number of hydrogen-bond donors (Lipinski definition) is 3. The third-order valence-electron chi connectivity index (χ3n) is 2.25. The highest BCUT2D eigenvalue weighted by Gasteiger charge is 2.18. The van der Waals surface area contributed by atoms with Crippen LogP contribution in [0.2, 0.25) is 0 Å². The molecule has 3 N–H and O–H groups in total. The second-order valence-electron chi connectivity index (χ2n) is 4.58. The van der Waals surface area contributed by atoms with Crippen LogP contribution in [0.3, 0.4) is 0 Å². The van der Waals surface area contributed by atoms with E-state index in [0.717, 1.165) is 5.75 Å². The minimum Gasteiger partial charge on any atom is -0.492 e. The first-order valence-corrected chi connectivity index (χ1v) is 5.88. The molecule has 0 fully saturated rings. The minimum atomic E-state index is -0.621. The lowest BCUT2D eigenvalue weighted by Crippen LogP contribution is -2.51. The number of urea groups is 1. The number of amides is 2. The zero-order chi connectivity index (χ0) is 13.4. The van der Waals surface area contributed by atoms with Gasteiger partial charge in [-0.1, -0.05) is 18.2 Å². The molecular formula is C13H20N2O3. The quantitative estimate of drug-likeness (QED) is 0.665. The molecule has 0 heterocycles. The van der Waals surface area contributed by atoms with Crippen molar-refractivity contribution in [2.24, 2.45) is 0 Å². The molecule has 1 aromatic rings. The van der Waals surface area contributed by atoms with Crippen molar-refractivity contribution in [3.63, 3.8) is 0 Å². The fraction of sp³-hybridized carbons (Fsp3) is 0.462. The fourth-order valence-electron chi connectivity index (χ4n) is 1.24. The summed E-state index contributed by atoms with van der Waals surface area (Å²) in [6.07, 6.45) is 0. The molecule has 0 saturated heterocycles. The fourth-order valence-corrected chi connectivity index (χ4v) is 1.24. The molecule has 0 bridgehead atoms. The first-order chi connectivity index (χ1) is 8.53. The van der Waals surface area contributed by atoms with Crippen molar-refractivity contribution < 1.29 is 14.6 Å². The van der Waals surface area contributed by atoms with E-state index in [1.165, 1.54) is 0 Å². The Morgan fingerprint density at radius 3 is 2.61 bits per heavy atom. The summed E-state index contributed by atoms with van der Waals surface area (Å²) in [5, 5.41) is 14.3. The van der Waals surface area contributed by atoms with E-state index in [0.29, 0.717) is 13.2 Å². The van der Waals surface area contributed by atoms with Crippen molar-refractivity contribution in [1.82, 2.24) is 10.6 Å². The van der Waals surface area contributed by atoms with Crippen LogP contribution in [0.5, 0.6) is 5.75 Å². The van der Waals surface area contributed by atoms with Crippen molar-refractivity contribution in [2.45, 2.75) is 19.4 Å². The molecule has 0 aliphatic heterocycles. The van der Waals surface area contributed by atoms with Gasteiger partial charge >= 0.3 is 6.03 Å². The lowest BCUT2D eigenvalue weighted by molar-refractivity contribution is 0.181.